The highest BCUT2D eigenvalue weighted by molar-refractivity contribution is 8.03. The highest BCUT2D eigenvalue weighted by Crippen LogP contribution is 2.51. The van der Waals surface area contributed by atoms with Gasteiger partial charge in [0, 0.05) is 36.2 Å². The number of benzene rings is 2. The molecule has 4 nitrogen and oxygen atoms in total. The highest BCUT2D eigenvalue weighted by atomic mass is 32.2. The lowest BCUT2D eigenvalue weighted by atomic mass is 10.1. The van der Waals surface area contributed by atoms with E-state index in [1.165, 1.54) is 26.4 Å². The molecule has 0 atom stereocenters. The van der Waals surface area contributed by atoms with Crippen LogP contribution < -0.4 is 18.9 Å². The summed E-state index contributed by atoms with van der Waals surface area (Å²) in [6, 6.07) is 14.8. The van der Waals surface area contributed by atoms with Gasteiger partial charge in [-0.2, -0.15) is 0 Å². The zero-order chi connectivity index (χ0) is 17.0. The molecule has 0 aliphatic carbocycles. The lowest BCUT2D eigenvalue weighted by Crippen LogP contribution is -2.28. The molecular weight excluding hydrogens is 332 g/mol. The number of nitrogens with zero attached hydrogens (tertiary/aromatic N) is 2. The monoisotopic (exact) mass is 349 g/mol. The van der Waals surface area contributed by atoms with Crippen molar-refractivity contribution in [1.29, 1.82) is 0 Å². The van der Waals surface area contributed by atoms with E-state index in [0.29, 0.717) is 6.79 Å². The van der Waals surface area contributed by atoms with Crippen LogP contribution in [0.5, 0.6) is 11.5 Å². The van der Waals surface area contributed by atoms with Crippen LogP contribution in [-0.4, -0.2) is 13.8 Å². The molecule has 0 unspecified atom stereocenters. The van der Waals surface area contributed by atoms with E-state index in [2.05, 4.69) is 78.3 Å². The first-order valence-electron chi connectivity index (χ1n) is 8.15. The fourth-order valence-corrected chi connectivity index (χ4v) is 4.44. The van der Waals surface area contributed by atoms with Crippen LogP contribution in [-0.2, 0) is 7.05 Å². The van der Waals surface area contributed by atoms with Gasteiger partial charge in [0.1, 0.15) is 7.05 Å². The van der Waals surface area contributed by atoms with Gasteiger partial charge in [0.25, 0.3) is 0 Å². The molecule has 2 aromatic carbocycles. The highest BCUT2D eigenvalue weighted by Gasteiger charge is 2.27. The smallest absolute Gasteiger partial charge is 0.231 e. The van der Waals surface area contributed by atoms with E-state index in [4.69, 9.17) is 9.47 Å². The molecule has 0 bridgehead atoms. The Morgan fingerprint density at radius 1 is 1.12 bits per heavy atom. The summed E-state index contributed by atoms with van der Waals surface area (Å²) in [6.45, 7) is 0.308. The zero-order valence-corrected chi connectivity index (χ0v) is 14.8. The topological polar surface area (TPSA) is 25.6 Å². The Bertz CT molecular complexity index is 1050. The van der Waals surface area contributed by atoms with Crippen LogP contribution in [0.4, 0.5) is 5.69 Å². The molecule has 1 aromatic heterocycles. The summed E-state index contributed by atoms with van der Waals surface area (Å²) in [4.78, 5) is 3.41. The van der Waals surface area contributed by atoms with Gasteiger partial charge in [-0.25, -0.2) is 4.57 Å². The first-order chi connectivity index (χ1) is 12.2. The molecule has 0 fully saturated rings. The quantitative estimate of drug-likeness (QED) is 0.622. The maximum Gasteiger partial charge on any atom is 0.231 e. The Hall–Kier alpha value is -2.66. The van der Waals surface area contributed by atoms with Crippen LogP contribution >= 0.6 is 11.8 Å². The van der Waals surface area contributed by atoms with Crippen LogP contribution in [0.15, 0.2) is 58.6 Å². The van der Waals surface area contributed by atoms with Crippen molar-refractivity contribution in [2.45, 2.75) is 4.90 Å². The third-order valence-corrected chi connectivity index (χ3v) is 5.86. The minimum absolute atomic E-state index is 0.308. The Kier molecular flexibility index (Phi) is 3.18. The summed E-state index contributed by atoms with van der Waals surface area (Å²) >= 11 is 1.76. The maximum atomic E-state index is 5.52. The Balaban J connectivity index is 1.60. The second kappa shape index (κ2) is 5.43. The average Bonchev–Trinajstić information content (AvgIpc) is 3.20. The molecule has 2 aliphatic heterocycles. The van der Waals surface area contributed by atoms with E-state index in [1.807, 2.05) is 0 Å². The van der Waals surface area contributed by atoms with Crippen molar-refractivity contribution >= 4 is 34.4 Å². The summed E-state index contributed by atoms with van der Waals surface area (Å²) in [5.41, 5.74) is 3.60. The van der Waals surface area contributed by atoms with Gasteiger partial charge in [-0.3, -0.25) is 0 Å². The van der Waals surface area contributed by atoms with Crippen molar-refractivity contribution in [2.75, 3.05) is 18.7 Å². The molecule has 0 amide bonds. The van der Waals surface area contributed by atoms with Crippen molar-refractivity contribution in [3.8, 4) is 11.5 Å². The third-order valence-electron chi connectivity index (χ3n) is 4.71. The molecule has 0 spiro atoms. The minimum atomic E-state index is 0.308. The molecule has 3 heterocycles. The van der Waals surface area contributed by atoms with Gasteiger partial charge < -0.3 is 14.4 Å². The van der Waals surface area contributed by atoms with Gasteiger partial charge >= 0.3 is 0 Å². The number of aromatic nitrogens is 1. The number of fused-ring (bicyclic) bond motifs is 3. The van der Waals surface area contributed by atoms with Crippen LogP contribution in [0.1, 0.15) is 5.56 Å². The zero-order valence-electron chi connectivity index (χ0n) is 14.0. The number of hydrogen-bond donors (Lipinski definition) is 0. The Morgan fingerprint density at radius 2 is 1.92 bits per heavy atom. The van der Waals surface area contributed by atoms with E-state index in [1.54, 1.807) is 11.8 Å². The van der Waals surface area contributed by atoms with Crippen LogP contribution in [0.25, 0.3) is 17.0 Å². The fraction of sp³-hybridized carbons (Fsp3) is 0.150. The fourth-order valence-electron chi connectivity index (χ4n) is 3.33. The number of aryl methyl sites for hydroxylation is 1. The van der Waals surface area contributed by atoms with Crippen LogP contribution in [0.3, 0.4) is 0 Å². The van der Waals surface area contributed by atoms with Crippen LogP contribution in [0, 0.1) is 0 Å². The normalized spacial score (nSPS) is 16.7. The van der Waals surface area contributed by atoms with Gasteiger partial charge in [-0.1, -0.05) is 23.9 Å². The van der Waals surface area contributed by atoms with Crippen molar-refractivity contribution in [3.63, 3.8) is 0 Å². The van der Waals surface area contributed by atoms with Crippen molar-refractivity contribution in [2.24, 2.45) is 7.05 Å². The molecule has 5 heteroatoms. The Morgan fingerprint density at radius 3 is 2.80 bits per heavy atom. The first-order valence-corrected chi connectivity index (χ1v) is 8.97. The van der Waals surface area contributed by atoms with E-state index in [0.717, 1.165) is 17.2 Å². The molecule has 0 saturated heterocycles. The van der Waals surface area contributed by atoms with E-state index >= 15 is 0 Å². The SMILES string of the molecule is CN1/C(=C/c2cc[n+](C)c3ccccc23)Sc2cc3c(cc21)OCO3. The lowest BCUT2D eigenvalue weighted by molar-refractivity contribution is -0.644. The second-order valence-corrected chi connectivity index (χ2v) is 7.28. The van der Waals surface area contributed by atoms with Crippen molar-refractivity contribution < 1.29 is 14.0 Å². The number of para-hydroxylation sites is 1. The second-order valence-electron chi connectivity index (χ2n) is 6.22. The Labute approximate surface area is 150 Å². The summed E-state index contributed by atoms with van der Waals surface area (Å²) in [5, 5.41) is 2.44. The van der Waals surface area contributed by atoms with E-state index in [-0.39, 0.29) is 0 Å². The molecule has 0 N–H and O–H groups in total. The number of anilines is 1. The molecule has 0 saturated carbocycles. The van der Waals surface area contributed by atoms with E-state index in [9.17, 15) is 0 Å². The first kappa shape index (κ1) is 14.7. The third kappa shape index (κ3) is 2.27. The predicted octanol–water partition coefficient (Wildman–Crippen LogP) is 3.93. The predicted molar refractivity (Wildman–Crippen MR) is 99.9 cm³/mol. The minimum Gasteiger partial charge on any atom is -0.454 e. The van der Waals surface area contributed by atoms with Gasteiger partial charge in [0.15, 0.2) is 17.7 Å². The number of hydrogen-bond acceptors (Lipinski definition) is 4. The largest absolute Gasteiger partial charge is 0.454 e. The van der Waals surface area contributed by atoms with Crippen LogP contribution in [0.2, 0.25) is 0 Å². The summed E-state index contributed by atoms with van der Waals surface area (Å²) in [5.74, 6) is 1.66. The van der Waals surface area contributed by atoms with Gasteiger partial charge in [-0.15, -0.1) is 0 Å². The maximum absolute atomic E-state index is 5.52. The summed E-state index contributed by atoms with van der Waals surface area (Å²) in [6.07, 6.45) is 4.36. The molecular formula is C20H17N2O2S+. The number of rotatable bonds is 1. The number of pyridine rings is 1. The van der Waals surface area contributed by atoms with Crippen molar-refractivity contribution in [3.05, 3.63) is 59.3 Å². The average molecular weight is 349 g/mol. The van der Waals surface area contributed by atoms with Gasteiger partial charge in [0.2, 0.25) is 12.3 Å². The number of ether oxygens (including phenoxy) is 2. The van der Waals surface area contributed by atoms with Gasteiger partial charge in [-0.05, 0) is 17.7 Å². The molecule has 124 valence electrons. The van der Waals surface area contributed by atoms with Crippen molar-refractivity contribution in [1.82, 2.24) is 0 Å². The lowest BCUT2D eigenvalue weighted by Gasteiger charge is -2.14. The summed E-state index contributed by atoms with van der Waals surface area (Å²) < 4.78 is 13.2. The molecule has 3 aromatic rings. The number of thioether (sulfide) groups is 1. The van der Waals surface area contributed by atoms with E-state index < -0.39 is 0 Å². The summed E-state index contributed by atoms with van der Waals surface area (Å²) in [7, 11) is 4.17. The van der Waals surface area contributed by atoms with Gasteiger partial charge in [0.05, 0.1) is 16.1 Å². The molecule has 25 heavy (non-hydrogen) atoms. The molecule has 2 aliphatic rings. The molecule has 0 radical (unpaired) electrons. The standard InChI is InChI=1S/C20H17N2O2S/c1-21-8-7-13(14-5-3-4-6-15(14)21)9-20-22(2)16-10-17-18(24-12-23-17)11-19(16)25-20/h3-11H,12H2,1-2H3/q+1. The molecule has 5 rings (SSSR count).